The van der Waals surface area contributed by atoms with E-state index in [-0.39, 0.29) is 6.07 Å². The van der Waals surface area contributed by atoms with Crippen molar-refractivity contribution < 1.29 is 22.4 Å². The summed E-state index contributed by atoms with van der Waals surface area (Å²) in [5.41, 5.74) is -0.983. The second-order valence-electron chi connectivity index (χ2n) is 4.71. The second kappa shape index (κ2) is 7.85. The van der Waals surface area contributed by atoms with Crippen molar-refractivity contribution in [3.05, 3.63) is 29.3 Å². The lowest BCUT2D eigenvalue weighted by Crippen LogP contribution is -2.38. The topological polar surface area (TPSA) is 41.1 Å². The maximum absolute atomic E-state index is 13.4. The zero-order chi connectivity index (χ0) is 16.0. The SMILES string of the molecule is CCCCCNC(=O)C(C)Nc1c(F)c(F)cc(F)c1F. The molecule has 0 saturated heterocycles. The van der Waals surface area contributed by atoms with Crippen LogP contribution in [0.1, 0.15) is 33.1 Å². The molecule has 0 aliphatic carbocycles. The van der Waals surface area contributed by atoms with E-state index in [2.05, 4.69) is 10.6 Å². The maximum atomic E-state index is 13.4. The molecule has 0 spiro atoms. The third-order valence-corrected chi connectivity index (χ3v) is 2.95. The molecule has 7 heteroatoms. The number of carbonyl (C=O) groups is 1. The van der Waals surface area contributed by atoms with Crippen LogP contribution >= 0.6 is 0 Å². The van der Waals surface area contributed by atoms with E-state index in [1.807, 2.05) is 6.92 Å². The molecule has 1 aromatic rings. The van der Waals surface area contributed by atoms with E-state index >= 15 is 0 Å². The van der Waals surface area contributed by atoms with Crippen molar-refractivity contribution in [3.63, 3.8) is 0 Å². The van der Waals surface area contributed by atoms with Gasteiger partial charge in [-0.05, 0) is 13.3 Å². The fourth-order valence-corrected chi connectivity index (χ4v) is 1.72. The van der Waals surface area contributed by atoms with Gasteiger partial charge in [0, 0.05) is 12.6 Å². The molecule has 0 aliphatic heterocycles. The van der Waals surface area contributed by atoms with Crippen LogP contribution in [0.2, 0.25) is 0 Å². The van der Waals surface area contributed by atoms with Gasteiger partial charge >= 0.3 is 0 Å². The Balaban J connectivity index is 2.70. The number of unbranched alkanes of at least 4 members (excludes halogenated alkanes) is 2. The Morgan fingerprint density at radius 1 is 1.14 bits per heavy atom. The summed E-state index contributed by atoms with van der Waals surface area (Å²) in [7, 11) is 0. The van der Waals surface area contributed by atoms with Crippen LogP contribution in [0.25, 0.3) is 0 Å². The first-order valence-corrected chi connectivity index (χ1v) is 6.75. The zero-order valence-corrected chi connectivity index (χ0v) is 11.9. The van der Waals surface area contributed by atoms with Crippen molar-refractivity contribution in [2.24, 2.45) is 0 Å². The molecule has 21 heavy (non-hydrogen) atoms. The van der Waals surface area contributed by atoms with Crippen molar-refractivity contribution in [2.75, 3.05) is 11.9 Å². The van der Waals surface area contributed by atoms with Crippen LogP contribution in [0.4, 0.5) is 23.2 Å². The number of carbonyl (C=O) groups excluding carboxylic acids is 1. The number of hydrogen-bond donors (Lipinski definition) is 2. The van der Waals surface area contributed by atoms with Gasteiger partial charge in [-0.15, -0.1) is 0 Å². The van der Waals surface area contributed by atoms with E-state index in [4.69, 9.17) is 0 Å². The van der Waals surface area contributed by atoms with Gasteiger partial charge in [-0.3, -0.25) is 4.79 Å². The van der Waals surface area contributed by atoms with Crippen LogP contribution in [0, 0.1) is 23.3 Å². The minimum atomic E-state index is -1.56. The minimum Gasteiger partial charge on any atom is -0.369 e. The second-order valence-corrected chi connectivity index (χ2v) is 4.71. The summed E-state index contributed by atoms with van der Waals surface area (Å²) < 4.78 is 53.0. The number of nitrogens with one attached hydrogen (secondary N) is 2. The van der Waals surface area contributed by atoms with Crippen molar-refractivity contribution in [2.45, 2.75) is 39.2 Å². The quantitative estimate of drug-likeness (QED) is 0.461. The first-order valence-electron chi connectivity index (χ1n) is 6.75. The molecule has 0 heterocycles. The molecule has 0 bridgehead atoms. The standard InChI is InChI=1S/C14H18F4N2O/c1-3-4-5-6-19-14(21)8(2)20-13-11(17)9(15)7-10(16)12(13)18/h7-8,20H,3-6H2,1-2H3,(H,19,21). The van der Waals surface area contributed by atoms with Gasteiger partial charge in [0.05, 0.1) is 0 Å². The van der Waals surface area contributed by atoms with Crippen molar-refractivity contribution >= 4 is 11.6 Å². The molecular formula is C14H18F4N2O. The van der Waals surface area contributed by atoms with Gasteiger partial charge in [-0.2, -0.15) is 0 Å². The van der Waals surface area contributed by atoms with Gasteiger partial charge in [0.1, 0.15) is 11.7 Å². The van der Waals surface area contributed by atoms with E-state index in [1.54, 1.807) is 0 Å². The Bertz CT molecular complexity index is 482. The molecular weight excluding hydrogens is 288 g/mol. The Labute approximate surface area is 120 Å². The number of rotatable bonds is 7. The molecule has 1 rings (SSSR count). The summed E-state index contributed by atoms with van der Waals surface area (Å²) >= 11 is 0. The Kier molecular flexibility index (Phi) is 6.45. The van der Waals surface area contributed by atoms with Crippen LogP contribution in [0.5, 0.6) is 0 Å². The molecule has 0 aromatic heterocycles. The van der Waals surface area contributed by atoms with Gasteiger partial charge in [-0.25, -0.2) is 17.6 Å². The molecule has 1 amide bonds. The van der Waals surface area contributed by atoms with Crippen LogP contribution < -0.4 is 10.6 Å². The monoisotopic (exact) mass is 306 g/mol. The third-order valence-electron chi connectivity index (χ3n) is 2.95. The van der Waals surface area contributed by atoms with Crippen LogP contribution in [0.3, 0.4) is 0 Å². The third kappa shape index (κ3) is 4.61. The largest absolute Gasteiger partial charge is 0.369 e. The lowest BCUT2D eigenvalue weighted by Gasteiger charge is -2.16. The number of amides is 1. The van der Waals surface area contributed by atoms with Crippen molar-refractivity contribution in [1.29, 1.82) is 0 Å². The average Bonchev–Trinajstić information content (AvgIpc) is 2.45. The summed E-state index contributed by atoms with van der Waals surface area (Å²) in [6.07, 6.45) is 2.72. The van der Waals surface area contributed by atoms with Crippen molar-refractivity contribution in [1.82, 2.24) is 5.32 Å². The Morgan fingerprint density at radius 2 is 1.71 bits per heavy atom. The molecule has 1 aromatic carbocycles. The van der Waals surface area contributed by atoms with E-state index < -0.39 is 40.9 Å². The molecule has 1 unspecified atom stereocenters. The molecule has 118 valence electrons. The summed E-state index contributed by atoms with van der Waals surface area (Å²) in [6.45, 7) is 3.79. The Morgan fingerprint density at radius 3 is 2.24 bits per heavy atom. The highest BCUT2D eigenvalue weighted by Gasteiger charge is 2.22. The summed E-state index contributed by atoms with van der Waals surface area (Å²) in [6, 6.07) is -0.914. The number of benzene rings is 1. The van der Waals surface area contributed by atoms with Crippen LogP contribution in [-0.2, 0) is 4.79 Å². The van der Waals surface area contributed by atoms with Gasteiger partial charge < -0.3 is 10.6 Å². The van der Waals surface area contributed by atoms with E-state index in [0.717, 1.165) is 19.3 Å². The van der Waals surface area contributed by atoms with Gasteiger partial charge in [-0.1, -0.05) is 19.8 Å². The smallest absolute Gasteiger partial charge is 0.242 e. The normalized spacial score (nSPS) is 12.1. The molecule has 0 saturated carbocycles. The van der Waals surface area contributed by atoms with Crippen molar-refractivity contribution in [3.8, 4) is 0 Å². The highest BCUT2D eigenvalue weighted by molar-refractivity contribution is 5.84. The highest BCUT2D eigenvalue weighted by Crippen LogP contribution is 2.24. The fourth-order valence-electron chi connectivity index (χ4n) is 1.72. The van der Waals surface area contributed by atoms with Crippen LogP contribution in [0.15, 0.2) is 6.07 Å². The Hall–Kier alpha value is -1.79. The highest BCUT2D eigenvalue weighted by atomic mass is 19.2. The number of anilines is 1. The lowest BCUT2D eigenvalue weighted by molar-refractivity contribution is -0.121. The maximum Gasteiger partial charge on any atom is 0.242 e. The fraction of sp³-hybridized carbons (Fsp3) is 0.500. The summed E-state index contributed by atoms with van der Waals surface area (Å²) in [4.78, 5) is 11.7. The lowest BCUT2D eigenvalue weighted by atomic mass is 10.2. The van der Waals surface area contributed by atoms with Gasteiger partial charge in [0.15, 0.2) is 23.3 Å². The van der Waals surface area contributed by atoms with E-state index in [1.165, 1.54) is 6.92 Å². The van der Waals surface area contributed by atoms with Crippen LogP contribution in [-0.4, -0.2) is 18.5 Å². The van der Waals surface area contributed by atoms with E-state index in [9.17, 15) is 22.4 Å². The molecule has 0 aliphatic rings. The molecule has 2 N–H and O–H groups in total. The first-order chi connectivity index (χ1) is 9.88. The molecule has 0 radical (unpaired) electrons. The predicted molar refractivity (Wildman–Crippen MR) is 71.9 cm³/mol. The average molecular weight is 306 g/mol. The summed E-state index contributed by atoms with van der Waals surface area (Å²) in [5, 5.41) is 4.73. The number of halogens is 4. The molecule has 0 fully saturated rings. The van der Waals surface area contributed by atoms with Gasteiger partial charge in [0.2, 0.25) is 5.91 Å². The molecule has 3 nitrogen and oxygen atoms in total. The minimum absolute atomic E-state index is 0.116. The van der Waals surface area contributed by atoms with Gasteiger partial charge in [0.25, 0.3) is 0 Å². The van der Waals surface area contributed by atoms with E-state index in [0.29, 0.717) is 6.54 Å². The number of hydrogen-bond acceptors (Lipinski definition) is 2. The molecule has 1 atom stereocenters. The summed E-state index contributed by atoms with van der Waals surface area (Å²) in [5.74, 6) is -6.66. The first kappa shape index (κ1) is 17.3. The predicted octanol–water partition coefficient (Wildman–Crippen LogP) is 3.35. The zero-order valence-electron chi connectivity index (χ0n) is 11.9.